The zero-order chi connectivity index (χ0) is 18.5. The number of carbonyl (C=O) groups is 2. The number of anilines is 1. The normalized spacial score (nSPS) is 16.1. The fourth-order valence-corrected chi connectivity index (χ4v) is 3.99. The number of para-hydroxylation sites is 1. The molecule has 3 rings (SSSR count). The van der Waals surface area contributed by atoms with Gasteiger partial charge in [-0.05, 0) is 29.8 Å². The maximum atomic E-state index is 12.9. The summed E-state index contributed by atoms with van der Waals surface area (Å²) in [5, 5.41) is 3.09. The predicted octanol–water partition coefficient (Wildman–Crippen LogP) is 3.75. The monoisotopic (exact) mass is 372 g/mol. The van der Waals surface area contributed by atoms with E-state index in [4.69, 9.17) is 0 Å². The summed E-state index contributed by atoms with van der Waals surface area (Å²) in [6.07, 6.45) is 0.307. The molecular formula is C20H21FN2O2S. The topological polar surface area (TPSA) is 49.4 Å². The van der Waals surface area contributed by atoms with E-state index in [1.54, 1.807) is 28.8 Å². The van der Waals surface area contributed by atoms with Crippen LogP contribution in [0.25, 0.3) is 0 Å². The molecule has 1 heterocycles. The fraction of sp³-hybridized carbons (Fsp3) is 0.300. The Kier molecular flexibility index (Phi) is 5.93. The van der Waals surface area contributed by atoms with Crippen molar-refractivity contribution in [3.63, 3.8) is 0 Å². The predicted molar refractivity (Wildman–Crippen MR) is 102 cm³/mol. The molecule has 1 aliphatic heterocycles. The van der Waals surface area contributed by atoms with E-state index < -0.39 is 0 Å². The molecule has 0 spiro atoms. The van der Waals surface area contributed by atoms with Gasteiger partial charge in [-0.3, -0.25) is 9.59 Å². The molecular weight excluding hydrogens is 351 g/mol. The van der Waals surface area contributed by atoms with E-state index in [0.717, 1.165) is 16.1 Å². The van der Waals surface area contributed by atoms with Gasteiger partial charge >= 0.3 is 0 Å². The smallest absolute Gasteiger partial charge is 0.227 e. The molecule has 2 aromatic rings. The lowest BCUT2D eigenvalue weighted by Gasteiger charge is -2.32. The molecule has 1 aliphatic rings. The summed E-state index contributed by atoms with van der Waals surface area (Å²) >= 11 is 1.76. The number of nitrogens with zero attached hydrogens (tertiary/aromatic N) is 1. The van der Waals surface area contributed by atoms with E-state index in [-0.39, 0.29) is 30.5 Å². The molecule has 26 heavy (non-hydrogen) atoms. The second-order valence-corrected chi connectivity index (χ2v) is 7.78. The van der Waals surface area contributed by atoms with E-state index >= 15 is 0 Å². The maximum absolute atomic E-state index is 12.9. The number of benzene rings is 2. The van der Waals surface area contributed by atoms with Crippen molar-refractivity contribution in [2.24, 2.45) is 0 Å². The Morgan fingerprint density at radius 1 is 1.15 bits per heavy atom. The number of carbonyl (C=O) groups excluding carboxylic acids is 2. The Bertz CT molecular complexity index is 795. The van der Waals surface area contributed by atoms with Gasteiger partial charge in [0.1, 0.15) is 5.82 Å². The van der Waals surface area contributed by atoms with Gasteiger partial charge in [-0.1, -0.05) is 31.2 Å². The summed E-state index contributed by atoms with van der Waals surface area (Å²) in [4.78, 5) is 27.5. The van der Waals surface area contributed by atoms with Crippen LogP contribution in [0.5, 0.6) is 0 Å². The lowest BCUT2D eigenvalue weighted by molar-refractivity contribution is -0.125. The molecule has 0 bridgehead atoms. The Balaban J connectivity index is 1.52. The van der Waals surface area contributed by atoms with Crippen molar-refractivity contribution in [1.29, 1.82) is 0 Å². The molecule has 1 N–H and O–H groups in total. The SMILES string of the molecule is C[C@@H]1CN(C(=O)CCC(=O)NCc2ccc(F)cc2)c2ccccc2S1. The van der Waals surface area contributed by atoms with Crippen LogP contribution in [0.4, 0.5) is 10.1 Å². The van der Waals surface area contributed by atoms with Crippen molar-refractivity contribution >= 4 is 29.3 Å². The standard InChI is InChI=1S/C20H21FN2O2S/c1-14-13-23(17-4-2-3-5-18(17)26-14)20(25)11-10-19(24)22-12-15-6-8-16(21)9-7-15/h2-9,14H,10-13H2,1H3,(H,22,24)/t14-/m1/s1. The zero-order valence-corrected chi connectivity index (χ0v) is 15.4. The van der Waals surface area contributed by atoms with Crippen LogP contribution in [0.3, 0.4) is 0 Å². The molecule has 0 saturated heterocycles. The highest BCUT2D eigenvalue weighted by Crippen LogP contribution is 2.38. The van der Waals surface area contributed by atoms with Crippen LogP contribution in [0.2, 0.25) is 0 Å². The summed E-state index contributed by atoms with van der Waals surface area (Å²) in [5.74, 6) is -0.531. The molecule has 4 nitrogen and oxygen atoms in total. The first-order valence-electron chi connectivity index (χ1n) is 8.60. The number of rotatable bonds is 5. The van der Waals surface area contributed by atoms with E-state index in [1.165, 1.54) is 12.1 Å². The van der Waals surface area contributed by atoms with Gasteiger partial charge < -0.3 is 10.2 Å². The molecule has 136 valence electrons. The van der Waals surface area contributed by atoms with E-state index in [0.29, 0.717) is 18.3 Å². The molecule has 0 aliphatic carbocycles. The van der Waals surface area contributed by atoms with Crippen LogP contribution in [0.1, 0.15) is 25.3 Å². The van der Waals surface area contributed by atoms with Gasteiger partial charge in [0.25, 0.3) is 0 Å². The molecule has 6 heteroatoms. The van der Waals surface area contributed by atoms with Crippen molar-refractivity contribution in [3.05, 3.63) is 59.9 Å². The van der Waals surface area contributed by atoms with Gasteiger partial charge in [-0.15, -0.1) is 11.8 Å². The van der Waals surface area contributed by atoms with Crippen LogP contribution in [-0.4, -0.2) is 23.6 Å². The van der Waals surface area contributed by atoms with Crippen LogP contribution in [-0.2, 0) is 16.1 Å². The van der Waals surface area contributed by atoms with Gasteiger partial charge in [0.2, 0.25) is 11.8 Å². The minimum absolute atomic E-state index is 0.0402. The highest BCUT2D eigenvalue weighted by molar-refractivity contribution is 8.00. The lowest BCUT2D eigenvalue weighted by atomic mass is 10.2. The lowest BCUT2D eigenvalue weighted by Crippen LogP contribution is -2.39. The molecule has 1 atom stereocenters. The first-order chi connectivity index (χ1) is 12.5. The highest BCUT2D eigenvalue weighted by Gasteiger charge is 2.26. The average Bonchev–Trinajstić information content (AvgIpc) is 2.65. The number of fused-ring (bicyclic) bond motifs is 1. The molecule has 0 saturated carbocycles. The quantitative estimate of drug-likeness (QED) is 0.870. The second-order valence-electron chi connectivity index (χ2n) is 6.30. The number of amides is 2. The van der Waals surface area contributed by atoms with Gasteiger partial charge in [-0.25, -0.2) is 4.39 Å². The maximum Gasteiger partial charge on any atom is 0.227 e. The molecule has 0 radical (unpaired) electrons. The minimum Gasteiger partial charge on any atom is -0.352 e. The van der Waals surface area contributed by atoms with Crippen molar-refractivity contribution in [1.82, 2.24) is 5.32 Å². The van der Waals surface area contributed by atoms with E-state index in [1.807, 2.05) is 24.3 Å². The largest absolute Gasteiger partial charge is 0.352 e. The van der Waals surface area contributed by atoms with Crippen LogP contribution in [0, 0.1) is 5.82 Å². The van der Waals surface area contributed by atoms with Crippen molar-refractivity contribution < 1.29 is 14.0 Å². The van der Waals surface area contributed by atoms with Crippen LogP contribution < -0.4 is 10.2 Å². The third-order valence-corrected chi connectivity index (χ3v) is 5.34. The zero-order valence-electron chi connectivity index (χ0n) is 14.6. The van der Waals surface area contributed by atoms with E-state index in [2.05, 4.69) is 12.2 Å². The molecule has 2 amide bonds. The Labute approximate surface area is 156 Å². The van der Waals surface area contributed by atoms with Crippen molar-refractivity contribution in [3.8, 4) is 0 Å². The Morgan fingerprint density at radius 2 is 1.88 bits per heavy atom. The summed E-state index contributed by atoms with van der Waals surface area (Å²) in [6, 6.07) is 13.8. The molecule has 0 aromatic heterocycles. The fourth-order valence-electron chi connectivity index (χ4n) is 2.87. The average molecular weight is 372 g/mol. The van der Waals surface area contributed by atoms with E-state index in [9.17, 15) is 14.0 Å². The van der Waals surface area contributed by atoms with Gasteiger partial charge in [0.05, 0.1) is 5.69 Å². The third-order valence-electron chi connectivity index (χ3n) is 4.19. The molecule has 0 unspecified atom stereocenters. The molecule has 2 aromatic carbocycles. The van der Waals surface area contributed by atoms with Gasteiger partial charge in [0.15, 0.2) is 0 Å². The summed E-state index contributed by atoms with van der Waals surface area (Å²) in [7, 11) is 0. The summed E-state index contributed by atoms with van der Waals surface area (Å²) in [6.45, 7) is 3.07. The number of thioether (sulfide) groups is 1. The van der Waals surface area contributed by atoms with Gasteiger partial charge in [-0.2, -0.15) is 0 Å². The first kappa shape index (κ1) is 18.5. The van der Waals surface area contributed by atoms with Crippen LogP contribution >= 0.6 is 11.8 Å². The second kappa shape index (κ2) is 8.36. The van der Waals surface area contributed by atoms with Crippen molar-refractivity contribution in [2.45, 2.75) is 36.5 Å². The number of hydrogen-bond donors (Lipinski definition) is 1. The van der Waals surface area contributed by atoms with Gasteiger partial charge in [0, 0.05) is 36.1 Å². The highest BCUT2D eigenvalue weighted by atomic mass is 32.2. The Morgan fingerprint density at radius 3 is 2.65 bits per heavy atom. The molecule has 0 fully saturated rings. The van der Waals surface area contributed by atoms with Crippen molar-refractivity contribution in [2.75, 3.05) is 11.4 Å². The summed E-state index contributed by atoms with van der Waals surface area (Å²) < 4.78 is 12.9. The first-order valence-corrected chi connectivity index (χ1v) is 9.48. The van der Waals surface area contributed by atoms with Crippen LogP contribution in [0.15, 0.2) is 53.4 Å². The third kappa shape index (κ3) is 4.64. The summed E-state index contributed by atoms with van der Waals surface area (Å²) in [5.41, 5.74) is 1.74. The number of nitrogens with one attached hydrogen (secondary N) is 1. The minimum atomic E-state index is -0.306. The Hall–Kier alpha value is -2.34. The number of halogens is 1. The number of hydrogen-bond acceptors (Lipinski definition) is 3.